The first-order valence-corrected chi connectivity index (χ1v) is 2.90. The van der Waals surface area contributed by atoms with Gasteiger partial charge in [0.1, 0.15) is 5.76 Å². The summed E-state index contributed by atoms with van der Waals surface area (Å²) in [5.41, 5.74) is 0. The number of ketones is 1. The molecule has 10 heavy (non-hydrogen) atoms. The number of hydrogen-bond donors (Lipinski definition) is 2. The van der Waals surface area contributed by atoms with Crippen LogP contribution in [0.15, 0.2) is 11.6 Å². The Morgan fingerprint density at radius 3 is 2.60 bits per heavy atom. The van der Waals surface area contributed by atoms with E-state index in [0.717, 1.165) is 0 Å². The van der Waals surface area contributed by atoms with E-state index in [4.69, 9.17) is 10.2 Å². The van der Waals surface area contributed by atoms with Gasteiger partial charge in [0.25, 0.3) is 0 Å². The molecule has 56 valence electrons. The van der Waals surface area contributed by atoms with Crippen molar-refractivity contribution in [3.05, 3.63) is 11.6 Å². The Hall–Kier alpha value is -0.900. The number of rotatable bonds is 0. The Balaban J connectivity index is 2.85. The molecule has 1 aliphatic rings. The minimum absolute atomic E-state index is 0.155. The zero-order valence-electron chi connectivity index (χ0n) is 5.17. The number of halogens is 1. The third-order valence-electron chi connectivity index (χ3n) is 1.35. The van der Waals surface area contributed by atoms with Gasteiger partial charge >= 0.3 is 0 Å². The van der Waals surface area contributed by atoms with Crippen LogP contribution in [0, 0.1) is 0 Å². The highest BCUT2D eigenvalue weighted by atomic mass is 19.1. The maximum Gasteiger partial charge on any atom is 0.203 e. The van der Waals surface area contributed by atoms with E-state index in [0.29, 0.717) is 0 Å². The Bertz CT molecular complexity index is 197. The number of aliphatic hydroxyl groups is 2. The van der Waals surface area contributed by atoms with Gasteiger partial charge in [0, 0.05) is 12.8 Å². The zero-order chi connectivity index (χ0) is 7.72. The molecule has 0 fully saturated rings. The lowest BCUT2D eigenvalue weighted by Gasteiger charge is -2.13. The normalized spacial score (nSPS) is 27.4. The van der Waals surface area contributed by atoms with E-state index in [-0.39, 0.29) is 12.8 Å². The number of allylic oxidation sites excluding steroid dienone is 1. The second-order valence-electron chi connectivity index (χ2n) is 2.25. The van der Waals surface area contributed by atoms with Crippen molar-refractivity contribution in [2.24, 2.45) is 0 Å². The van der Waals surface area contributed by atoms with Crippen molar-refractivity contribution in [3.8, 4) is 0 Å². The summed E-state index contributed by atoms with van der Waals surface area (Å²) in [5.74, 6) is -2.56. The molecule has 3 nitrogen and oxygen atoms in total. The van der Waals surface area contributed by atoms with Gasteiger partial charge in [-0.1, -0.05) is 0 Å². The molecule has 0 amide bonds. The van der Waals surface area contributed by atoms with Crippen LogP contribution in [0.25, 0.3) is 0 Å². The predicted octanol–water partition coefficient (Wildman–Crippen LogP) is 0.449. The fraction of sp³-hybridized carbons (Fsp3) is 0.500. The first kappa shape index (κ1) is 7.21. The van der Waals surface area contributed by atoms with Crippen LogP contribution in [0.4, 0.5) is 4.39 Å². The van der Waals surface area contributed by atoms with Crippen LogP contribution >= 0.6 is 0 Å². The summed E-state index contributed by atoms with van der Waals surface area (Å²) in [6.45, 7) is 0. The predicted molar refractivity (Wildman–Crippen MR) is 31.0 cm³/mol. The summed E-state index contributed by atoms with van der Waals surface area (Å²) in [4.78, 5) is 10.5. The SMILES string of the molecule is O=C1CC(O)CC(O)=C1F. The average Bonchev–Trinajstić information content (AvgIpc) is 1.82. The molecular weight excluding hydrogens is 139 g/mol. The fourth-order valence-electron chi connectivity index (χ4n) is 0.850. The molecule has 1 unspecified atom stereocenters. The van der Waals surface area contributed by atoms with Crippen LogP contribution in [0.3, 0.4) is 0 Å². The molecule has 2 N–H and O–H groups in total. The molecule has 0 aromatic carbocycles. The smallest absolute Gasteiger partial charge is 0.203 e. The highest BCUT2D eigenvalue weighted by molar-refractivity contribution is 5.94. The van der Waals surface area contributed by atoms with Crippen LogP contribution in [0.1, 0.15) is 12.8 Å². The molecule has 0 heterocycles. The van der Waals surface area contributed by atoms with Crippen molar-refractivity contribution in [2.45, 2.75) is 18.9 Å². The maximum absolute atomic E-state index is 12.3. The highest BCUT2D eigenvalue weighted by Crippen LogP contribution is 2.20. The van der Waals surface area contributed by atoms with Crippen molar-refractivity contribution in [3.63, 3.8) is 0 Å². The molecule has 0 aliphatic heterocycles. The molecule has 1 aliphatic carbocycles. The molecule has 1 rings (SSSR count). The van der Waals surface area contributed by atoms with Gasteiger partial charge in [-0.05, 0) is 0 Å². The van der Waals surface area contributed by atoms with Gasteiger partial charge in [0.05, 0.1) is 6.10 Å². The molecule has 0 saturated carbocycles. The lowest BCUT2D eigenvalue weighted by atomic mass is 10.0. The van der Waals surface area contributed by atoms with Crippen LogP contribution in [0.2, 0.25) is 0 Å². The van der Waals surface area contributed by atoms with Crippen molar-refractivity contribution >= 4 is 5.78 Å². The Morgan fingerprint density at radius 1 is 1.50 bits per heavy atom. The summed E-state index contributed by atoms with van der Waals surface area (Å²) in [5, 5.41) is 17.4. The third-order valence-corrected chi connectivity index (χ3v) is 1.35. The van der Waals surface area contributed by atoms with E-state index in [1.165, 1.54) is 0 Å². The van der Waals surface area contributed by atoms with Crippen molar-refractivity contribution in [1.82, 2.24) is 0 Å². The summed E-state index contributed by atoms with van der Waals surface area (Å²) in [6, 6.07) is 0. The number of carbonyl (C=O) groups excluding carboxylic acids is 1. The van der Waals surface area contributed by atoms with Crippen molar-refractivity contribution in [2.75, 3.05) is 0 Å². The standard InChI is InChI=1S/C6H7FO3/c7-6-4(9)1-3(8)2-5(6)10/h3,8-9H,1-2H2. The second kappa shape index (κ2) is 2.38. The van der Waals surface area contributed by atoms with Crippen LogP contribution in [-0.2, 0) is 4.79 Å². The van der Waals surface area contributed by atoms with Gasteiger partial charge in [0.2, 0.25) is 5.83 Å². The molecule has 0 aromatic rings. The first-order valence-electron chi connectivity index (χ1n) is 2.90. The lowest BCUT2D eigenvalue weighted by molar-refractivity contribution is -0.120. The van der Waals surface area contributed by atoms with Gasteiger partial charge in [-0.2, -0.15) is 4.39 Å². The van der Waals surface area contributed by atoms with E-state index < -0.39 is 23.5 Å². The van der Waals surface area contributed by atoms with Gasteiger partial charge in [-0.25, -0.2) is 0 Å². The van der Waals surface area contributed by atoms with Crippen LogP contribution < -0.4 is 0 Å². The van der Waals surface area contributed by atoms with E-state index in [2.05, 4.69) is 0 Å². The molecule has 0 aromatic heterocycles. The fourth-order valence-corrected chi connectivity index (χ4v) is 0.850. The molecule has 0 spiro atoms. The highest BCUT2D eigenvalue weighted by Gasteiger charge is 2.25. The first-order chi connectivity index (χ1) is 4.61. The number of aliphatic hydroxyl groups excluding tert-OH is 2. The van der Waals surface area contributed by atoms with Crippen molar-refractivity contribution < 1.29 is 19.4 Å². The minimum Gasteiger partial charge on any atom is -0.509 e. The van der Waals surface area contributed by atoms with Crippen LogP contribution in [0.5, 0.6) is 0 Å². The molecule has 0 bridgehead atoms. The van der Waals surface area contributed by atoms with E-state index in [1.807, 2.05) is 0 Å². The van der Waals surface area contributed by atoms with Gasteiger partial charge in [0.15, 0.2) is 5.78 Å². The molecular formula is C6H7FO3. The summed E-state index contributed by atoms with van der Waals surface area (Å²) in [7, 11) is 0. The third kappa shape index (κ3) is 1.16. The maximum atomic E-state index is 12.3. The lowest BCUT2D eigenvalue weighted by Crippen LogP contribution is -2.21. The molecule has 4 heteroatoms. The molecule has 1 atom stereocenters. The minimum atomic E-state index is -1.11. The Labute approximate surface area is 56.8 Å². The number of hydrogen-bond acceptors (Lipinski definition) is 3. The van der Waals surface area contributed by atoms with E-state index in [9.17, 15) is 9.18 Å². The van der Waals surface area contributed by atoms with Crippen molar-refractivity contribution in [1.29, 1.82) is 0 Å². The van der Waals surface area contributed by atoms with Crippen LogP contribution in [-0.4, -0.2) is 22.1 Å². The zero-order valence-corrected chi connectivity index (χ0v) is 5.17. The van der Waals surface area contributed by atoms with Gasteiger partial charge in [-0.3, -0.25) is 4.79 Å². The van der Waals surface area contributed by atoms with Gasteiger partial charge < -0.3 is 10.2 Å². The summed E-state index contributed by atoms with van der Waals surface area (Å²) in [6.07, 6.45) is -1.31. The quantitative estimate of drug-likeness (QED) is 0.521. The molecule has 0 radical (unpaired) electrons. The molecule has 0 saturated heterocycles. The summed E-state index contributed by atoms with van der Waals surface area (Å²) < 4.78 is 12.3. The average molecular weight is 146 g/mol. The Morgan fingerprint density at radius 2 is 2.10 bits per heavy atom. The second-order valence-corrected chi connectivity index (χ2v) is 2.25. The number of carbonyl (C=O) groups is 1. The summed E-state index contributed by atoms with van der Waals surface area (Å²) >= 11 is 0. The van der Waals surface area contributed by atoms with Gasteiger partial charge in [-0.15, -0.1) is 0 Å². The largest absolute Gasteiger partial charge is 0.509 e. The Kier molecular flexibility index (Phi) is 1.72. The van der Waals surface area contributed by atoms with E-state index >= 15 is 0 Å². The number of Topliss-reactive ketones (excluding diaryl/α,β-unsaturated/α-hetero) is 1. The van der Waals surface area contributed by atoms with E-state index in [1.54, 1.807) is 0 Å². The topological polar surface area (TPSA) is 57.5 Å². The monoisotopic (exact) mass is 146 g/mol.